The van der Waals surface area contributed by atoms with Gasteiger partial charge in [-0.1, -0.05) is 30.3 Å². The largest absolute Gasteiger partial charge is 0.389 e. The van der Waals surface area contributed by atoms with Crippen LogP contribution in [0.2, 0.25) is 0 Å². The van der Waals surface area contributed by atoms with Gasteiger partial charge in [0.1, 0.15) is 0 Å². The number of nitrogens with one attached hydrogen (secondary N) is 1. The van der Waals surface area contributed by atoms with Gasteiger partial charge in [-0.3, -0.25) is 0 Å². The molecule has 0 spiro atoms. The van der Waals surface area contributed by atoms with Crippen LogP contribution in [-0.4, -0.2) is 22.3 Å². The van der Waals surface area contributed by atoms with E-state index in [0.29, 0.717) is 13.1 Å². The molecule has 2 N–H and O–H groups in total. The number of aliphatic hydroxyl groups excluding tert-OH is 1. The molecule has 3 heteroatoms. The van der Waals surface area contributed by atoms with Crippen molar-refractivity contribution in [2.24, 2.45) is 0 Å². The second kappa shape index (κ2) is 6.70. The van der Waals surface area contributed by atoms with Crippen molar-refractivity contribution in [1.29, 1.82) is 0 Å². The molecule has 24 heavy (non-hydrogen) atoms. The molecular formula is C21H26N2O. The lowest BCUT2D eigenvalue weighted by atomic mass is 10.1. The van der Waals surface area contributed by atoms with Crippen molar-refractivity contribution >= 4 is 16.6 Å². The lowest BCUT2D eigenvalue weighted by molar-refractivity contribution is 0.167. The number of aryl methyl sites for hydroxylation is 3. The molecule has 1 aromatic heterocycles. The fourth-order valence-electron chi connectivity index (χ4n) is 3.27. The van der Waals surface area contributed by atoms with E-state index in [2.05, 4.69) is 80.0 Å². The van der Waals surface area contributed by atoms with E-state index in [4.69, 9.17) is 0 Å². The van der Waals surface area contributed by atoms with Crippen LogP contribution < -0.4 is 5.32 Å². The molecular weight excluding hydrogens is 296 g/mol. The highest BCUT2D eigenvalue weighted by molar-refractivity contribution is 5.85. The monoisotopic (exact) mass is 322 g/mol. The van der Waals surface area contributed by atoms with Gasteiger partial charge in [0, 0.05) is 28.8 Å². The molecule has 0 amide bonds. The van der Waals surface area contributed by atoms with E-state index in [1.54, 1.807) is 0 Å². The third kappa shape index (κ3) is 3.17. The Bertz CT molecular complexity index is 864. The number of para-hydroxylation sites is 1. The Labute approximate surface area is 143 Å². The van der Waals surface area contributed by atoms with Gasteiger partial charge in [-0.25, -0.2) is 0 Å². The first-order valence-corrected chi connectivity index (χ1v) is 8.51. The van der Waals surface area contributed by atoms with E-state index in [9.17, 15) is 5.11 Å². The highest BCUT2D eigenvalue weighted by Gasteiger charge is 2.13. The van der Waals surface area contributed by atoms with E-state index in [-0.39, 0.29) is 0 Å². The number of nitrogens with zero attached hydrogens (tertiary/aromatic N) is 1. The molecule has 1 atom stereocenters. The summed E-state index contributed by atoms with van der Waals surface area (Å²) in [6.07, 6.45) is -0.446. The zero-order valence-corrected chi connectivity index (χ0v) is 14.9. The Morgan fingerprint density at radius 2 is 1.79 bits per heavy atom. The maximum atomic E-state index is 10.5. The van der Waals surface area contributed by atoms with E-state index >= 15 is 0 Å². The van der Waals surface area contributed by atoms with Crippen LogP contribution >= 0.6 is 0 Å². The topological polar surface area (TPSA) is 37.2 Å². The molecule has 0 radical (unpaired) electrons. The maximum absolute atomic E-state index is 10.5. The Kier molecular flexibility index (Phi) is 4.63. The van der Waals surface area contributed by atoms with E-state index < -0.39 is 6.10 Å². The zero-order chi connectivity index (χ0) is 17.3. The number of fused-ring (bicyclic) bond motifs is 1. The first kappa shape index (κ1) is 16.6. The predicted molar refractivity (Wildman–Crippen MR) is 102 cm³/mol. The smallest absolute Gasteiger partial charge is 0.0891 e. The summed E-state index contributed by atoms with van der Waals surface area (Å²) < 4.78 is 2.22. The molecule has 0 bridgehead atoms. The minimum Gasteiger partial charge on any atom is -0.389 e. The fourth-order valence-corrected chi connectivity index (χ4v) is 3.27. The molecule has 0 saturated heterocycles. The van der Waals surface area contributed by atoms with Crippen molar-refractivity contribution in [2.45, 2.75) is 40.3 Å². The van der Waals surface area contributed by atoms with Gasteiger partial charge in [0.25, 0.3) is 0 Å². The van der Waals surface area contributed by atoms with Gasteiger partial charge in [-0.05, 0) is 56.5 Å². The van der Waals surface area contributed by atoms with Crippen molar-refractivity contribution in [3.8, 4) is 0 Å². The summed E-state index contributed by atoms with van der Waals surface area (Å²) in [5, 5.41) is 15.2. The minimum atomic E-state index is -0.446. The van der Waals surface area contributed by atoms with Crippen molar-refractivity contribution < 1.29 is 5.11 Å². The second-order valence-electron chi connectivity index (χ2n) is 6.69. The quantitative estimate of drug-likeness (QED) is 0.733. The number of benzene rings is 2. The van der Waals surface area contributed by atoms with Crippen LogP contribution in [0.15, 0.2) is 42.5 Å². The molecule has 0 aliphatic carbocycles. The Balaban J connectivity index is 1.75. The van der Waals surface area contributed by atoms with Crippen molar-refractivity contribution in [3.63, 3.8) is 0 Å². The molecule has 0 saturated carbocycles. The van der Waals surface area contributed by atoms with E-state index in [0.717, 1.165) is 5.69 Å². The van der Waals surface area contributed by atoms with E-state index in [1.165, 1.54) is 33.3 Å². The van der Waals surface area contributed by atoms with Crippen LogP contribution in [0.5, 0.6) is 0 Å². The molecule has 3 aromatic rings. The van der Waals surface area contributed by atoms with Crippen molar-refractivity contribution in [1.82, 2.24) is 4.57 Å². The molecule has 0 aliphatic rings. The highest BCUT2D eigenvalue weighted by Crippen LogP contribution is 2.25. The van der Waals surface area contributed by atoms with Crippen LogP contribution in [0.3, 0.4) is 0 Å². The Morgan fingerprint density at radius 1 is 1.04 bits per heavy atom. The van der Waals surface area contributed by atoms with Crippen LogP contribution in [0.25, 0.3) is 10.9 Å². The fraction of sp³-hybridized carbons (Fsp3) is 0.333. The van der Waals surface area contributed by atoms with Crippen LogP contribution in [-0.2, 0) is 6.54 Å². The van der Waals surface area contributed by atoms with Crippen LogP contribution in [0, 0.1) is 27.7 Å². The third-order valence-corrected chi connectivity index (χ3v) is 4.86. The summed E-state index contributed by atoms with van der Waals surface area (Å²) in [5.41, 5.74) is 7.23. The summed E-state index contributed by atoms with van der Waals surface area (Å²) in [7, 11) is 0. The van der Waals surface area contributed by atoms with Gasteiger partial charge < -0.3 is 15.0 Å². The van der Waals surface area contributed by atoms with Gasteiger partial charge in [-0.15, -0.1) is 0 Å². The summed E-state index contributed by atoms with van der Waals surface area (Å²) in [5.74, 6) is 0. The molecule has 1 unspecified atom stereocenters. The second-order valence-corrected chi connectivity index (χ2v) is 6.69. The third-order valence-electron chi connectivity index (χ3n) is 4.86. The lowest BCUT2D eigenvalue weighted by Gasteiger charge is -2.17. The number of aliphatic hydroxyl groups is 1. The first-order valence-electron chi connectivity index (χ1n) is 8.51. The molecule has 0 aliphatic heterocycles. The minimum absolute atomic E-state index is 0.446. The number of anilines is 1. The van der Waals surface area contributed by atoms with Gasteiger partial charge in [0.05, 0.1) is 12.6 Å². The molecule has 0 fully saturated rings. The molecule has 3 nitrogen and oxygen atoms in total. The SMILES string of the molecule is Cc1ccc(C)c(NCC(O)Cn2c(C)c(C)c3ccccc32)c1. The van der Waals surface area contributed by atoms with E-state index in [1.807, 2.05) is 0 Å². The molecule has 126 valence electrons. The summed E-state index contributed by atoms with van der Waals surface area (Å²) in [6.45, 7) is 9.57. The average Bonchev–Trinajstić information content (AvgIpc) is 2.81. The number of hydrogen-bond acceptors (Lipinski definition) is 2. The lowest BCUT2D eigenvalue weighted by Crippen LogP contribution is -2.25. The number of rotatable bonds is 5. The van der Waals surface area contributed by atoms with Gasteiger partial charge in [0.15, 0.2) is 0 Å². The molecule has 2 aromatic carbocycles. The predicted octanol–water partition coefficient (Wildman–Crippen LogP) is 4.35. The van der Waals surface area contributed by atoms with Crippen molar-refractivity contribution in [2.75, 3.05) is 11.9 Å². The van der Waals surface area contributed by atoms with Gasteiger partial charge in [-0.2, -0.15) is 0 Å². The van der Waals surface area contributed by atoms with Crippen LogP contribution in [0.4, 0.5) is 5.69 Å². The number of hydrogen-bond donors (Lipinski definition) is 2. The normalized spacial score (nSPS) is 12.5. The van der Waals surface area contributed by atoms with Gasteiger partial charge in [0.2, 0.25) is 0 Å². The summed E-state index contributed by atoms with van der Waals surface area (Å²) >= 11 is 0. The number of aromatic nitrogens is 1. The maximum Gasteiger partial charge on any atom is 0.0891 e. The first-order chi connectivity index (χ1) is 11.5. The van der Waals surface area contributed by atoms with Crippen molar-refractivity contribution in [3.05, 3.63) is 64.8 Å². The average molecular weight is 322 g/mol. The standard InChI is InChI=1S/C21H26N2O/c1-14-9-10-15(2)20(11-14)22-12-18(24)13-23-17(4)16(3)19-7-5-6-8-21(19)23/h5-11,18,22,24H,12-13H2,1-4H3. The zero-order valence-electron chi connectivity index (χ0n) is 14.9. The van der Waals surface area contributed by atoms with Gasteiger partial charge >= 0.3 is 0 Å². The molecule has 3 rings (SSSR count). The summed E-state index contributed by atoms with van der Waals surface area (Å²) in [4.78, 5) is 0. The molecule has 1 heterocycles. The summed E-state index contributed by atoms with van der Waals surface area (Å²) in [6, 6.07) is 14.7. The van der Waals surface area contributed by atoms with Crippen LogP contribution in [0.1, 0.15) is 22.4 Å². The highest BCUT2D eigenvalue weighted by atomic mass is 16.3. The Morgan fingerprint density at radius 3 is 2.58 bits per heavy atom. The Hall–Kier alpha value is -2.26.